The Hall–Kier alpha value is -2.83. The van der Waals surface area contributed by atoms with Gasteiger partial charge in [-0.3, -0.25) is 9.59 Å². The van der Waals surface area contributed by atoms with E-state index >= 15 is 0 Å². The van der Waals surface area contributed by atoms with Gasteiger partial charge in [-0.05, 0) is 61.8 Å². The lowest BCUT2D eigenvalue weighted by atomic mass is 9.98. The minimum Gasteiger partial charge on any atom is -0.494 e. The molecule has 0 radical (unpaired) electrons. The number of fused-ring (bicyclic) bond motifs is 2. The monoisotopic (exact) mass is 482 g/mol. The number of ether oxygens (including phenoxy) is 1. The molecule has 2 heterocycles. The molecule has 0 bridgehead atoms. The maximum atomic E-state index is 13.7. The summed E-state index contributed by atoms with van der Waals surface area (Å²) in [6, 6.07) is 10.4. The highest BCUT2D eigenvalue weighted by atomic mass is 35.5. The molecule has 3 aromatic rings. The van der Waals surface area contributed by atoms with Crippen molar-refractivity contribution >= 4 is 28.5 Å². The van der Waals surface area contributed by atoms with Crippen LogP contribution in [0.3, 0.4) is 0 Å². The highest BCUT2D eigenvalue weighted by Crippen LogP contribution is 2.39. The van der Waals surface area contributed by atoms with Crippen LogP contribution in [0.4, 0.5) is 0 Å². The predicted molar refractivity (Wildman–Crippen MR) is 135 cm³/mol. The van der Waals surface area contributed by atoms with Crippen LogP contribution in [0.1, 0.15) is 60.5 Å². The van der Waals surface area contributed by atoms with E-state index in [4.69, 9.17) is 20.8 Å². The molecule has 0 N–H and O–H groups in total. The van der Waals surface area contributed by atoms with Crippen LogP contribution >= 0.6 is 11.6 Å². The zero-order chi connectivity index (χ0) is 24.4. The van der Waals surface area contributed by atoms with Crippen LogP contribution < -0.4 is 10.2 Å². The number of nitrogens with zero attached hydrogens (tertiary/aromatic N) is 2. The van der Waals surface area contributed by atoms with Crippen LogP contribution in [0.5, 0.6) is 5.75 Å². The van der Waals surface area contributed by atoms with Crippen LogP contribution in [-0.4, -0.2) is 48.5 Å². The third-order valence-corrected chi connectivity index (χ3v) is 6.85. The molecule has 1 aromatic heterocycles. The van der Waals surface area contributed by atoms with Gasteiger partial charge < -0.3 is 19.0 Å². The van der Waals surface area contributed by atoms with E-state index < -0.39 is 6.04 Å². The lowest BCUT2D eigenvalue weighted by Gasteiger charge is -2.28. The quantitative estimate of drug-likeness (QED) is 0.407. The number of rotatable bonds is 9. The summed E-state index contributed by atoms with van der Waals surface area (Å²) >= 11 is 6.33. The average molecular weight is 483 g/mol. The maximum absolute atomic E-state index is 13.7. The van der Waals surface area contributed by atoms with Crippen molar-refractivity contribution in [1.29, 1.82) is 0 Å². The first-order chi connectivity index (χ1) is 16.4. The minimum atomic E-state index is -0.552. The molecule has 180 valence electrons. The van der Waals surface area contributed by atoms with E-state index in [-0.39, 0.29) is 17.1 Å². The summed E-state index contributed by atoms with van der Waals surface area (Å²) in [7, 11) is 0. The number of carbonyl (C=O) groups excluding carboxylic acids is 1. The second-order valence-corrected chi connectivity index (χ2v) is 9.03. The Labute approximate surface area is 205 Å². The van der Waals surface area contributed by atoms with Crippen LogP contribution in [0, 0.1) is 6.92 Å². The molecule has 0 aliphatic carbocycles. The summed E-state index contributed by atoms with van der Waals surface area (Å²) in [6.45, 7) is 11.6. The van der Waals surface area contributed by atoms with Crippen LogP contribution in [0.25, 0.3) is 11.0 Å². The molecule has 0 spiro atoms. The molecular formula is C27H31ClN2O4. The van der Waals surface area contributed by atoms with Gasteiger partial charge in [0.1, 0.15) is 11.3 Å². The van der Waals surface area contributed by atoms with Crippen molar-refractivity contribution in [2.45, 2.75) is 40.2 Å². The first kappa shape index (κ1) is 24.3. The molecule has 1 amide bonds. The fraction of sp³-hybridized carbons (Fsp3) is 0.407. The number of aryl methyl sites for hydroxylation is 1. The van der Waals surface area contributed by atoms with Crippen molar-refractivity contribution in [2.24, 2.45) is 0 Å². The van der Waals surface area contributed by atoms with Crippen molar-refractivity contribution in [3.05, 3.63) is 74.1 Å². The number of hydrogen-bond acceptors (Lipinski definition) is 5. The van der Waals surface area contributed by atoms with Crippen molar-refractivity contribution in [2.75, 3.05) is 32.8 Å². The summed E-state index contributed by atoms with van der Waals surface area (Å²) in [5.74, 6) is 0.565. The van der Waals surface area contributed by atoms with Gasteiger partial charge in [0.2, 0.25) is 5.76 Å². The molecule has 1 aliphatic rings. The molecule has 0 saturated heterocycles. The second kappa shape index (κ2) is 10.2. The summed E-state index contributed by atoms with van der Waals surface area (Å²) in [4.78, 5) is 31.3. The first-order valence-electron chi connectivity index (χ1n) is 11.9. The van der Waals surface area contributed by atoms with Gasteiger partial charge >= 0.3 is 0 Å². The van der Waals surface area contributed by atoms with E-state index in [0.717, 1.165) is 30.6 Å². The average Bonchev–Trinajstić information content (AvgIpc) is 3.12. The Kier molecular flexibility index (Phi) is 7.29. The van der Waals surface area contributed by atoms with E-state index in [1.54, 1.807) is 17.0 Å². The van der Waals surface area contributed by atoms with Crippen molar-refractivity contribution in [1.82, 2.24) is 9.80 Å². The summed E-state index contributed by atoms with van der Waals surface area (Å²) in [6.07, 6.45) is 0.890. The largest absolute Gasteiger partial charge is 0.494 e. The van der Waals surface area contributed by atoms with Gasteiger partial charge in [0.05, 0.1) is 23.6 Å². The smallest absolute Gasteiger partial charge is 0.290 e. The molecule has 34 heavy (non-hydrogen) atoms. The molecule has 1 atom stereocenters. The highest BCUT2D eigenvalue weighted by Gasteiger charge is 2.42. The maximum Gasteiger partial charge on any atom is 0.290 e. The predicted octanol–water partition coefficient (Wildman–Crippen LogP) is 5.43. The van der Waals surface area contributed by atoms with Crippen molar-refractivity contribution < 1.29 is 13.9 Å². The molecule has 0 saturated carbocycles. The molecule has 1 unspecified atom stereocenters. The molecule has 1 aliphatic heterocycles. The minimum absolute atomic E-state index is 0.114. The van der Waals surface area contributed by atoms with Gasteiger partial charge in [-0.2, -0.15) is 0 Å². The lowest BCUT2D eigenvalue weighted by Crippen LogP contribution is -2.37. The van der Waals surface area contributed by atoms with Crippen LogP contribution in [0.2, 0.25) is 5.02 Å². The molecule has 6 nitrogen and oxygen atoms in total. The number of amides is 1. The summed E-state index contributed by atoms with van der Waals surface area (Å²) in [5, 5.41) is 0.880. The summed E-state index contributed by atoms with van der Waals surface area (Å²) in [5.41, 5.74) is 2.14. The van der Waals surface area contributed by atoms with Gasteiger partial charge in [-0.1, -0.05) is 44.5 Å². The Balaban J connectivity index is 1.87. The van der Waals surface area contributed by atoms with Gasteiger partial charge in [-0.25, -0.2) is 0 Å². The topological polar surface area (TPSA) is 63.0 Å². The van der Waals surface area contributed by atoms with E-state index in [0.29, 0.717) is 47.0 Å². The molecule has 4 rings (SSSR count). The lowest BCUT2D eigenvalue weighted by molar-refractivity contribution is 0.0708. The Bertz CT molecular complexity index is 1270. The van der Waals surface area contributed by atoms with E-state index in [1.807, 2.05) is 38.1 Å². The molecular weight excluding hydrogens is 452 g/mol. The number of hydrogen-bond donors (Lipinski definition) is 0. The fourth-order valence-corrected chi connectivity index (χ4v) is 4.67. The molecule has 2 aromatic carbocycles. The Morgan fingerprint density at radius 1 is 1.12 bits per heavy atom. The highest BCUT2D eigenvalue weighted by molar-refractivity contribution is 6.32. The number of benzene rings is 2. The number of carbonyl (C=O) groups is 1. The Morgan fingerprint density at radius 3 is 2.59 bits per heavy atom. The third kappa shape index (κ3) is 4.44. The van der Waals surface area contributed by atoms with Crippen LogP contribution in [-0.2, 0) is 0 Å². The van der Waals surface area contributed by atoms with Gasteiger partial charge in [-0.15, -0.1) is 0 Å². The SMILES string of the molecule is CCCOc1cccc(C2c3c(oc4cc(C)c(Cl)cc4c3=O)C(=O)N2CCN(CC)CC)c1. The first-order valence-corrected chi connectivity index (χ1v) is 12.3. The second-order valence-electron chi connectivity index (χ2n) is 8.62. The van der Waals surface area contributed by atoms with E-state index in [9.17, 15) is 9.59 Å². The van der Waals surface area contributed by atoms with Crippen molar-refractivity contribution in [3.63, 3.8) is 0 Å². The van der Waals surface area contributed by atoms with Gasteiger partial charge in [0.25, 0.3) is 5.91 Å². The number of likely N-dealkylation sites (N-methyl/N-ethyl adjacent to an activating group) is 1. The van der Waals surface area contributed by atoms with Crippen LogP contribution in [0.15, 0.2) is 45.6 Å². The van der Waals surface area contributed by atoms with Gasteiger partial charge in [0, 0.05) is 18.1 Å². The van der Waals surface area contributed by atoms with E-state index in [2.05, 4.69) is 18.7 Å². The molecule has 0 fully saturated rings. The zero-order valence-corrected chi connectivity index (χ0v) is 20.9. The summed E-state index contributed by atoms with van der Waals surface area (Å²) < 4.78 is 11.9. The van der Waals surface area contributed by atoms with Crippen molar-refractivity contribution in [3.8, 4) is 5.75 Å². The number of halogens is 1. The third-order valence-electron chi connectivity index (χ3n) is 6.45. The zero-order valence-electron chi connectivity index (χ0n) is 20.2. The van der Waals surface area contributed by atoms with Gasteiger partial charge in [0.15, 0.2) is 5.43 Å². The van der Waals surface area contributed by atoms with E-state index in [1.165, 1.54) is 0 Å². The standard InChI is InChI=1S/C27H31ClN2O4/c1-5-13-33-19-10-8-9-18(15-19)24-23-25(31)20-16-21(28)17(4)14-22(20)34-26(23)27(32)30(24)12-11-29(6-2)7-3/h8-10,14-16,24H,5-7,11-13H2,1-4H3. The molecule has 7 heteroatoms. The fourth-order valence-electron chi connectivity index (χ4n) is 4.50. The Morgan fingerprint density at radius 2 is 1.88 bits per heavy atom. The normalized spacial score (nSPS) is 15.4.